The Bertz CT molecular complexity index is 1570. The van der Waals surface area contributed by atoms with E-state index in [0.29, 0.717) is 5.56 Å². The van der Waals surface area contributed by atoms with Crippen molar-refractivity contribution < 1.29 is 38.4 Å². The summed E-state index contributed by atoms with van der Waals surface area (Å²) in [5, 5.41) is 20.5. The molecule has 5 atom stereocenters. The predicted octanol–water partition coefficient (Wildman–Crippen LogP) is 2.58. The van der Waals surface area contributed by atoms with Crippen molar-refractivity contribution in [3.63, 3.8) is 0 Å². The number of aliphatic carboxylic acids is 1. The Labute approximate surface area is 237 Å². The molecule has 0 radical (unpaired) electrons. The highest BCUT2D eigenvalue weighted by molar-refractivity contribution is 6.28. The van der Waals surface area contributed by atoms with Gasteiger partial charge in [0.1, 0.15) is 17.7 Å². The van der Waals surface area contributed by atoms with E-state index in [1.54, 1.807) is 24.3 Å². The SMILES string of the molecule is COC(=O)[C@@](Cc1ccc(-c2ccccc2)cc1)(OC[C@H]1O[C@@H](n2cnc3c(N)nc(Cl)nc32)[C@@H](F)[C@@H]1O)C(=O)O. The zero-order valence-electron chi connectivity index (χ0n) is 21.6. The maximum absolute atomic E-state index is 15.3. The summed E-state index contributed by atoms with van der Waals surface area (Å²) in [6.45, 7) is -0.661. The molecule has 0 bridgehead atoms. The molecular weight excluding hydrogens is 561 g/mol. The monoisotopic (exact) mass is 585 g/mol. The van der Waals surface area contributed by atoms with Crippen LogP contribution in [0.1, 0.15) is 11.8 Å². The summed E-state index contributed by atoms with van der Waals surface area (Å²) in [5.74, 6) is -2.84. The van der Waals surface area contributed by atoms with Crippen molar-refractivity contribution in [1.29, 1.82) is 0 Å². The van der Waals surface area contributed by atoms with E-state index in [4.69, 9.17) is 31.5 Å². The molecule has 0 amide bonds. The Balaban J connectivity index is 1.37. The number of nitrogen functional groups attached to an aromatic ring is 1. The molecule has 0 saturated carbocycles. The van der Waals surface area contributed by atoms with Crippen molar-refractivity contribution in [3.8, 4) is 11.1 Å². The van der Waals surface area contributed by atoms with Gasteiger partial charge >= 0.3 is 11.9 Å². The van der Waals surface area contributed by atoms with Crippen molar-refractivity contribution >= 4 is 40.5 Å². The first-order valence-electron chi connectivity index (χ1n) is 12.4. The lowest BCUT2D eigenvalue weighted by Gasteiger charge is -2.28. The summed E-state index contributed by atoms with van der Waals surface area (Å²) in [4.78, 5) is 37.2. The molecule has 0 spiro atoms. The van der Waals surface area contributed by atoms with Crippen LogP contribution in [0.3, 0.4) is 0 Å². The number of carbonyl (C=O) groups is 2. The number of nitrogens with zero attached hydrogens (tertiary/aromatic N) is 4. The Kier molecular flexibility index (Phi) is 7.87. The third kappa shape index (κ3) is 5.32. The van der Waals surface area contributed by atoms with Crippen molar-refractivity contribution in [1.82, 2.24) is 19.5 Å². The van der Waals surface area contributed by atoms with Crippen LogP contribution in [0.2, 0.25) is 5.28 Å². The van der Waals surface area contributed by atoms with Crippen molar-refractivity contribution in [2.24, 2.45) is 0 Å². The van der Waals surface area contributed by atoms with Gasteiger partial charge in [0, 0.05) is 6.42 Å². The number of halogens is 2. The molecule has 1 fully saturated rings. The van der Waals surface area contributed by atoms with Crippen LogP contribution < -0.4 is 5.73 Å². The summed E-state index contributed by atoms with van der Waals surface area (Å²) in [6.07, 6.45) is -5.76. The number of benzene rings is 2. The number of hydrogen-bond acceptors (Lipinski definition) is 10. The van der Waals surface area contributed by atoms with Crippen molar-refractivity contribution in [2.45, 2.75) is 36.6 Å². The summed E-state index contributed by atoms with van der Waals surface area (Å²) in [6, 6.07) is 16.4. The minimum absolute atomic E-state index is 0.0336. The number of methoxy groups -OCH3 is 1. The summed E-state index contributed by atoms with van der Waals surface area (Å²) in [5.41, 5.74) is 5.82. The second-order valence-electron chi connectivity index (χ2n) is 9.38. The van der Waals surface area contributed by atoms with Crippen LogP contribution in [-0.4, -0.2) is 79.4 Å². The number of aliphatic hydroxyl groups excluding tert-OH is 1. The van der Waals surface area contributed by atoms with Crippen LogP contribution >= 0.6 is 11.6 Å². The molecule has 4 aromatic rings. The van der Waals surface area contributed by atoms with E-state index in [9.17, 15) is 19.8 Å². The number of carbonyl (C=O) groups excluding carboxylic acids is 1. The number of carboxylic acid groups (broad SMARTS) is 1. The zero-order chi connectivity index (χ0) is 29.3. The number of fused-ring (bicyclic) bond motifs is 1. The van der Waals surface area contributed by atoms with E-state index in [1.807, 2.05) is 30.3 Å². The van der Waals surface area contributed by atoms with Gasteiger partial charge in [0.05, 0.1) is 20.0 Å². The number of alkyl halides is 1. The van der Waals surface area contributed by atoms with Crippen LogP contribution in [0, 0.1) is 0 Å². The van der Waals surface area contributed by atoms with Crippen LogP contribution in [0.4, 0.5) is 10.2 Å². The zero-order valence-corrected chi connectivity index (χ0v) is 22.3. The molecule has 4 N–H and O–H groups in total. The Hall–Kier alpha value is -4.17. The highest BCUT2D eigenvalue weighted by Crippen LogP contribution is 2.35. The van der Waals surface area contributed by atoms with E-state index in [1.165, 1.54) is 10.9 Å². The molecule has 2 aromatic carbocycles. The molecule has 41 heavy (non-hydrogen) atoms. The van der Waals surface area contributed by atoms with Gasteiger partial charge in [-0.05, 0) is 28.3 Å². The minimum atomic E-state index is -2.51. The third-order valence-electron chi connectivity index (χ3n) is 6.86. The van der Waals surface area contributed by atoms with E-state index in [-0.39, 0.29) is 22.3 Å². The van der Waals surface area contributed by atoms with Crippen molar-refractivity contribution in [3.05, 3.63) is 71.8 Å². The van der Waals surface area contributed by atoms with Gasteiger partial charge in [0.15, 0.2) is 23.9 Å². The maximum atomic E-state index is 15.3. The van der Waals surface area contributed by atoms with Gasteiger partial charge in [-0.1, -0.05) is 54.6 Å². The molecule has 14 heteroatoms. The first-order chi connectivity index (χ1) is 19.6. The Morgan fingerprint density at radius 1 is 1.15 bits per heavy atom. The number of carboxylic acids is 1. The van der Waals surface area contributed by atoms with Gasteiger partial charge in [-0.15, -0.1) is 0 Å². The van der Waals surface area contributed by atoms with E-state index in [0.717, 1.165) is 18.2 Å². The lowest BCUT2D eigenvalue weighted by atomic mass is 9.92. The number of aliphatic hydroxyl groups is 1. The number of ether oxygens (including phenoxy) is 3. The molecule has 3 heterocycles. The van der Waals surface area contributed by atoms with Crippen LogP contribution in [0.25, 0.3) is 22.3 Å². The predicted molar refractivity (Wildman–Crippen MR) is 143 cm³/mol. The number of imidazole rings is 1. The van der Waals surface area contributed by atoms with E-state index < -0.39 is 55.2 Å². The minimum Gasteiger partial charge on any atom is -0.479 e. The van der Waals surface area contributed by atoms with Crippen LogP contribution in [0.5, 0.6) is 0 Å². The van der Waals surface area contributed by atoms with Gasteiger partial charge in [0.2, 0.25) is 5.28 Å². The summed E-state index contributed by atoms with van der Waals surface area (Å²) >= 11 is 5.89. The van der Waals surface area contributed by atoms with Gasteiger partial charge in [-0.3, -0.25) is 4.57 Å². The van der Waals surface area contributed by atoms with Crippen molar-refractivity contribution in [2.75, 3.05) is 19.5 Å². The van der Waals surface area contributed by atoms with Gasteiger partial charge in [-0.25, -0.2) is 19.0 Å². The smallest absolute Gasteiger partial charge is 0.350 e. The first kappa shape index (κ1) is 28.4. The van der Waals surface area contributed by atoms with E-state index >= 15 is 4.39 Å². The van der Waals surface area contributed by atoms with Crippen LogP contribution in [-0.2, 0) is 30.2 Å². The number of hydrogen-bond donors (Lipinski definition) is 3. The fraction of sp³-hybridized carbons (Fsp3) is 0.296. The number of esters is 1. The van der Waals surface area contributed by atoms with Gasteiger partial charge < -0.3 is 30.2 Å². The molecule has 1 saturated heterocycles. The number of rotatable bonds is 9. The Morgan fingerprint density at radius 2 is 1.83 bits per heavy atom. The first-order valence-corrected chi connectivity index (χ1v) is 12.8. The second-order valence-corrected chi connectivity index (χ2v) is 9.71. The lowest BCUT2D eigenvalue weighted by Crippen LogP contribution is -2.53. The number of nitrogens with two attached hydrogens (primary N) is 1. The number of anilines is 1. The topological polar surface area (TPSA) is 172 Å². The largest absolute Gasteiger partial charge is 0.479 e. The van der Waals surface area contributed by atoms with Crippen LogP contribution in [0.15, 0.2) is 60.9 Å². The molecule has 1 aliphatic rings. The molecule has 12 nitrogen and oxygen atoms in total. The molecular formula is C27H25ClFN5O7. The van der Waals surface area contributed by atoms with E-state index in [2.05, 4.69) is 15.0 Å². The average molecular weight is 586 g/mol. The lowest BCUT2D eigenvalue weighted by molar-refractivity contribution is -0.192. The standard InChI is InChI=1S/C27H25ClFN5O7/c1-39-25(38)27(24(36)37,11-14-7-9-16(10-8-14)15-5-3-2-4-6-15)40-12-17-20(35)18(29)23(41-17)34-13-31-19-21(30)32-26(28)33-22(19)34/h2-10,13,17-18,20,23,35H,11-12H2,1H3,(H,36,37)(H2,30,32,33)/t17-,18+,20-,23-,27+/m1/s1. The molecule has 0 aliphatic carbocycles. The molecule has 1 aliphatic heterocycles. The number of aromatic nitrogens is 4. The maximum Gasteiger partial charge on any atom is 0.350 e. The molecule has 5 rings (SSSR count). The van der Waals surface area contributed by atoms with Gasteiger partial charge in [-0.2, -0.15) is 9.97 Å². The van der Waals surface area contributed by atoms with Gasteiger partial charge in [0.25, 0.3) is 5.60 Å². The highest BCUT2D eigenvalue weighted by atomic mass is 35.5. The normalized spacial score (nSPS) is 22.0. The molecule has 214 valence electrons. The summed E-state index contributed by atoms with van der Waals surface area (Å²) in [7, 11) is 1.03. The fourth-order valence-corrected chi connectivity index (χ4v) is 4.86. The molecule has 2 aromatic heterocycles. The quantitative estimate of drug-likeness (QED) is 0.150. The highest BCUT2D eigenvalue weighted by Gasteiger charge is 2.52. The average Bonchev–Trinajstić information content (AvgIpc) is 3.51. The molecule has 0 unspecified atom stereocenters. The Morgan fingerprint density at radius 3 is 2.49 bits per heavy atom. The fourth-order valence-electron chi connectivity index (χ4n) is 4.69. The summed E-state index contributed by atoms with van der Waals surface area (Å²) < 4.78 is 32.6. The third-order valence-corrected chi connectivity index (χ3v) is 7.03. The second kappa shape index (κ2) is 11.4.